The van der Waals surface area contributed by atoms with E-state index >= 15 is 0 Å². The third-order valence-corrected chi connectivity index (χ3v) is 9.90. The van der Waals surface area contributed by atoms with Crippen LogP contribution in [0.3, 0.4) is 0 Å². The van der Waals surface area contributed by atoms with Crippen molar-refractivity contribution in [3.8, 4) is 0 Å². The fourth-order valence-electron chi connectivity index (χ4n) is 7.87. The van der Waals surface area contributed by atoms with Crippen molar-refractivity contribution in [2.45, 2.75) is 103 Å². The average Bonchev–Trinajstić information content (AvgIpc) is 2.87. The van der Waals surface area contributed by atoms with E-state index in [1.165, 1.54) is 89.0 Å². The minimum absolute atomic E-state index is 0.178. The summed E-state index contributed by atoms with van der Waals surface area (Å²) in [7, 11) is 0. The van der Waals surface area contributed by atoms with Crippen LogP contribution in [0.15, 0.2) is 24.3 Å². The molecule has 34 heavy (non-hydrogen) atoms. The largest absolute Gasteiger partial charge is 0.204 e. The van der Waals surface area contributed by atoms with E-state index < -0.39 is 17.5 Å². The summed E-state index contributed by atoms with van der Waals surface area (Å²) in [5.41, 5.74) is 1.17. The van der Waals surface area contributed by atoms with Crippen LogP contribution in [0, 0.1) is 47.0 Å². The number of fused-ring (bicyclic) bond motifs is 2. The first-order chi connectivity index (χ1) is 16.5. The standard InChI is InChI=1S/C31H41F3/c1-2-3-4-5-20-6-8-21(9-7-20)22-10-11-24-17-25(13-12-23(24)16-22)26-14-15-28-27(18-26)19-29(32)31(34)30(28)33/h14-15,18-25H,2-13,16-17H2,1H3. The third kappa shape index (κ3) is 5.05. The predicted molar refractivity (Wildman–Crippen MR) is 134 cm³/mol. The first-order valence-corrected chi connectivity index (χ1v) is 14.1. The summed E-state index contributed by atoms with van der Waals surface area (Å²) in [6.45, 7) is 2.30. The molecule has 0 N–H and O–H groups in total. The van der Waals surface area contributed by atoms with E-state index in [2.05, 4.69) is 6.92 Å². The number of rotatable bonds is 6. The molecule has 0 aromatic heterocycles. The van der Waals surface area contributed by atoms with Crippen LogP contribution < -0.4 is 0 Å². The van der Waals surface area contributed by atoms with Crippen molar-refractivity contribution in [3.63, 3.8) is 0 Å². The van der Waals surface area contributed by atoms with Gasteiger partial charge in [0.25, 0.3) is 0 Å². The van der Waals surface area contributed by atoms with Gasteiger partial charge in [-0.25, -0.2) is 13.2 Å². The van der Waals surface area contributed by atoms with Crippen LogP contribution in [0.1, 0.15) is 108 Å². The highest BCUT2D eigenvalue weighted by Crippen LogP contribution is 2.51. The molecule has 2 aromatic rings. The van der Waals surface area contributed by atoms with Gasteiger partial charge in [0.15, 0.2) is 17.5 Å². The molecule has 0 bridgehead atoms. The smallest absolute Gasteiger partial charge is 0.195 e. The molecule has 4 atom stereocenters. The van der Waals surface area contributed by atoms with Crippen LogP contribution in [0.5, 0.6) is 0 Å². The summed E-state index contributed by atoms with van der Waals surface area (Å²) < 4.78 is 41.5. The zero-order chi connectivity index (χ0) is 23.7. The molecule has 0 heterocycles. The summed E-state index contributed by atoms with van der Waals surface area (Å²) >= 11 is 0. The van der Waals surface area contributed by atoms with Gasteiger partial charge in [0, 0.05) is 5.39 Å². The molecular formula is C31H41F3. The molecule has 0 amide bonds. The van der Waals surface area contributed by atoms with Gasteiger partial charge in [-0.1, -0.05) is 63.6 Å². The normalized spacial score (nSPS) is 32.0. The van der Waals surface area contributed by atoms with E-state index in [1.54, 1.807) is 6.07 Å². The molecule has 5 rings (SSSR count). The molecule has 4 unspecified atom stereocenters. The van der Waals surface area contributed by atoms with Gasteiger partial charge in [0.2, 0.25) is 0 Å². The second-order valence-corrected chi connectivity index (χ2v) is 11.8. The lowest BCUT2D eigenvalue weighted by atomic mass is 9.60. The summed E-state index contributed by atoms with van der Waals surface area (Å²) in [4.78, 5) is 0. The van der Waals surface area contributed by atoms with E-state index in [1.807, 2.05) is 12.1 Å². The molecule has 0 radical (unpaired) electrons. The first-order valence-electron chi connectivity index (χ1n) is 14.1. The van der Waals surface area contributed by atoms with Gasteiger partial charge in [0.1, 0.15) is 0 Å². The molecule has 3 saturated carbocycles. The van der Waals surface area contributed by atoms with Crippen molar-refractivity contribution >= 4 is 10.8 Å². The van der Waals surface area contributed by atoms with Gasteiger partial charge in [-0.3, -0.25) is 0 Å². The van der Waals surface area contributed by atoms with Crippen LogP contribution >= 0.6 is 0 Å². The van der Waals surface area contributed by atoms with Gasteiger partial charge in [-0.05, 0) is 104 Å². The first kappa shape index (κ1) is 24.2. The second-order valence-electron chi connectivity index (χ2n) is 11.8. The molecule has 0 nitrogen and oxygen atoms in total. The maximum absolute atomic E-state index is 14.1. The fraction of sp³-hybridized carbons (Fsp3) is 0.677. The molecule has 0 aliphatic heterocycles. The van der Waals surface area contributed by atoms with Crippen molar-refractivity contribution < 1.29 is 13.2 Å². The van der Waals surface area contributed by atoms with Gasteiger partial charge in [-0.15, -0.1) is 0 Å². The summed E-state index contributed by atoms with van der Waals surface area (Å²) in [6, 6.07) is 6.63. The molecule has 3 fully saturated rings. The molecule has 2 aromatic carbocycles. The van der Waals surface area contributed by atoms with E-state index in [4.69, 9.17) is 0 Å². The van der Waals surface area contributed by atoms with Crippen molar-refractivity contribution in [2.24, 2.45) is 29.6 Å². The Kier molecular flexibility index (Phi) is 7.56. The highest BCUT2D eigenvalue weighted by molar-refractivity contribution is 5.84. The number of halogens is 3. The summed E-state index contributed by atoms with van der Waals surface area (Å²) in [5, 5.41) is 0.655. The Morgan fingerprint density at radius 1 is 0.706 bits per heavy atom. The maximum Gasteiger partial charge on any atom is 0.195 e. The highest BCUT2D eigenvalue weighted by Gasteiger charge is 2.39. The Labute approximate surface area is 203 Å². The zero-order valence-electron chi connectivity index (χ0n) is 20.8. The number of benzene rings is 2. The molecule has 0 spiro atoms. The van der Waals surface area contributed by atoms with Crippen molar-refractivity contribution in [3.05, 3.63) is 47.3 Å². The van der Waals surface area contributed by atoms with E-state index in [0.717, 1.165) is 42.1 Å². The Morgan fingerprint density at radius 3 is 2.15 bits per heavy atom. The van der Waals surface area contributed by atoms with Crippen LogP contribution in [-0.2, 0) is 0 Å². The fourth-order valence-corrected chi connectivity index (χ4v) is 7.87. The van der Waals surface area contributed by atoms with Crippen LogP contribution in [0.25, 0.3) is 10.8 Å². The number of hydrogen-bond acceptors (Lipinski definition) is 0. The lowest BCUT2D eigenvalue weighted by Crippen LogP contribution is -2.34. The van der Waals surface area contributed by atoms with Crippen LogP contribution in [0.2, 0.25) is 0 Å². The third-order valence-electron chi connectivity index (χ3n) is 9.90. The lowest BCUT2D eigenvalue weighted by Gasteiger charge is -2.45. The monoisotopic (exact) mass is 470 g/mol. The average molecular weight is 471 g/mol. The number of hydrogen-bond donors (Lipinski definition) is 0. The Morgan fingerprint density at radius 2 is 1.38 bits per heavy atom. The van der Waals surface area contributed by atoms with Gasteiger partial charge in [-0.2, -0.15) is 0 Å². The second kappa shape index (κ2) is 10.6. The molecule has 186 valence electrons. The minimum Gasteiger partial charge on any atom is -0.204 e. The van der Waals surface area contributed by atoms with E-state index in [-0.39, 0.29) is 5.39 Å². The Bertz CT molecular complexity index is 974. The lowest BCUT2D eigenvalue weighted by molar-refractivity contribution is 0.0710. The van der Waals surface area contributed by atoms with Crippen molar-refractivity contribution in [1.29, 1.82) is 0 Å². The topological polar surface area (TPSA) is 0 Å². The highest BCUT2D eigenvalue weighted by atomic mass is 19.2. The quantitative estimate of drug-likeness (QED) is 0.291. The van der Waals surface area contributed by atoms with Crippen LogP contribution in [0.4, 0.5) is 13.2 Å². The minimum atomic E-state index is -1.37. The maximum atomic E-state index is 14.1. The van der Waals surface area contributed by atoms with E-state index in [9.17, 15) is 13.2 Å². The van der Waals surface area contributed by atoms with Crippen LogP contribution in [-0.4, -0.2) is 0 Å². The molecule has 3 heteroatoms. The molecule has 3 aliphatic carbocycles. The predicted octanol–water partition coefficient (Wildman–Crippen LogP) is 9.94. The Balaban J connectivity index is 1.16. The summed E-state index contributed by atoms with van der Waals surface area (Å²) in [5.74, 6) is 1.47. The van der Waals surface area contributed by atoms with Crippen molar-refractivity contribution in [1.82, 2.24) is 0 Å². The number of unbranched alkanes of at least 4 members (excludes halogenated alkanes) is 2. The van der Waals surface area contributed by atoms with E-state index in [0.29, 0.717) is 11.3 Å². The van der Waals surface area contributed by atoms with Gasteiger partial charge in [0.05, 0.1) is 0 Å². The molecular weight excluding hydrogens is 429 g/mol. The van der Waals surface area contributed by atoms with Gasteiger partial charge < -0.3 is 0 Å². The zero-order valence-corrected chi connectivity index (χ0v) is 20.8. The van der Waals surface area contributed by atoms with Gasteiger partial charge >= 0.3 is 0 Å². The van der Waals surface area contributed by atoms with Crippen molar-refractivity contribution in [2.75, 3.05) is 0 Å². The summed E-state index contributed by atoms with van der Waals surface area (Å²) in [6.07, 6.45) is 19.3. The SMILES string of the molecule is CCCCCC1CCC(C2CCC3CC(c4ccc5c(F)c(F)c(F)cc5c4)CCC3C2)CC1. The Hall–Kier alpha value is -1.51. The molecule has 3 aliphatic rings. The molecule has 0 saturated heterocycles.